The maximum Gasteiger partial charge on any atom is 0.246 e. The summed E-state index contributed by atoms with van der Waals surface area (Å²) in [5.74, 6) is -0.389. The number of piperidine rings is 1. The Morgan fingerprint density at radius 2 is 2.29 bits per heavy atom. The largest absolute Gasteiger partial charge is 0.394 e. The van der Waals surface area contributed by atoms with Gasteiger partial charge < -0.3 is 21.1 Å². The Bertz CT molecular complexity index is 334. The van der Waals surface area contributed by atoms with Crippen molar-refractivity contribution in [3.63, 3.8) is 0 Å². The molecule has 2 heterocycles. The van der Waals surface area contributed by atoms with Gasteiger partial charge >= 0.3 is 0 Å². The Morgan fingerprint density at radius 3 is 2.88 bits per heavy atom. The van der Waals surface area contributed by atoms with Crippen molar-refractivity contribution in [3.8, 4) is 0 Å². The quantitative estimate of drug-likeness (QED) is 0.552. The van der Waals surface area contributed by atoms with Crippen LogP contribution in [0.15, 0.2) is 0 Å². The third-order valence-corrected chi connectivity index (χ3v) is 3.77. The molecule has 2 atom stereocenters. The predicted molar refractivity (Wildman–Crippen MR) is 61.0 cm³/mol. The molecule has 1 unspecified atom stereocenters. The van der Waals surface area contributed by atoms with Gasteiger partial charge in [0.25, 0.3) is 0 Å². The summed E-state index contributed by atoms with van der Waals surface area (Å²) in [7, 11) is 0. The van der Waals surface area contributed by atoms with Gasteiger partial charge in [0, 0.05) is 13.1 Å². The van der Waals surface area contributed by atoms with Crippen LogP contribution >= 0.6 is 0 Å². The maximum absolute atomic E-state index is 12.1. The second-order valence-corrected chi connectivity index (χ2v) is 4.77. The molecule has 6 nitrogen and oxygen atoms in total. The summed E-state index contributed by atoms with van der Waals surface area (Å²) in [6.07, 6.45) is 3.18. The highest BCUT2D eigenvalue weighted by Gasteiger charge is 2.50. The predicted octanol–water partition coefficient (Wildman–Crippen LogP) is -1.42. The zero-order valence-electron chi connectivity index (χ0n) is 9.82. The van der Waals surface area contributed by atoms with Crippen molar-refractivity contribution in [3.05, 3.63) is 0 Å². The molecular formula is C11H19N3O3. The standard InChI is InChI=1S/C11H19N3O3/c12-8(7-15)9(16)14-6-2-1-3-11(14)4-5-13-10(11)17/h8,15H,1-7,12H2,(H,13,17)/t8-,11?/m0/s1. The van der Waals surface area contributed by atoms with Crippen molar-refractivity contribution in [2.45, 2.75) is 37.3 Å². The molecule has 2 aliphatic heterocycles. The van der Waals surface area contributed by atoms with Crippen LogP contribution in [0.2, 0.25) is 0 Å². The fourth-order valence-electron chi connectivity index (χ4n) is 2.79. The SMILES string of the molecule is N[C@@H](CO)C(=O)N1CCCCC12CCNC2=O. The number of hydrogen-bond donors (Lipinski definition) is 3. The van der Waals surface area contributed by atoms with Crippen LogP contribution in [0.4, 0.5) is 0 Å². The van der Waals surface area contributed by atoms with E-state index in [9.17, 15) is 9.59 Å². The van der Waals surface area contributed by atoms with Gasteiger partial charge in [0.2, 0.25) is 11.8 Å². The summed E-state index contributed by atoms with van der Waals surface area (Å²) < 4.78 is 0. The van der Waals surface area contributed by atoms with Crippen LogP contribution in [0.3, 0.4) is 0 Å². The summed E-state index contributed by atoms with van der Waals surface area (Å²) in [5, 5.41) is 11.7. The van der Waals surface area contributed by atoms with E-state index in [-0.39, 0.29) is 18.4 Å². The minimum atomic E-state index is -0.918. The minimum absolute atomic E-state index is 0.0734. The lowest BCUT2D eigenvalue weighted by molar-refractivity contribution is -0.150. The van der Waals surface area contributed by atoms with Gasteiger partial charge in [-0.2, -0.15) is 0 Å². The lowest BCUT2D eigenvalue weighted by atomic mass is 9.84. The summed E-state index contributed by atoms with van der Waals surface area (Å²) >= 11 is 0. The molecule has 0 saturated carbocycles. The van der Waals surface area contributed by atoms with Gasteiger partial charge in [-0.3, -0.25) is 9.59 Å². The van der Waals surface area contributed by atoms with Crippen LogP contribution in [-0.4, -0.2) is 53.1 Å². The number of amides is 2. The Kier molecular flexibility index (Phi) is 3.35. The first-order valence-corrected chi connectivity index (χ1v) is 6.08. The fourth-order valence-corrected chi connectivity index (χ4v) is 2.79. The molecule has 0 aliphatic carbocycles. The van der Waals surface area contributed by atoms with E-state index in [1.165, 1.54) is 0 Å². The Morgan fingerprint density at radius 1 is 1.53 bits per heavy atom. The van der Waals surface area contributed by atoms with Gasteiger partial charge in [0.15, 0.2) is 0 Å². The molecule has 0 bridgehead atoms. The van der Waals surface area contributed by atoms with Crippen molar-refractivity contribution in [1.29, 1.82) is 0 Å². The van der Waals surface area contributed by atoms with E-state index in [2.05, 4.69) is 5.32 Å². The Labute approximate surface area is 100 Å². The second kappa shape index (κ2) is 4.62. The molecule has 2 amide bonds. The van der Waals surface area contributed by atoms with Gasteiger partial charge in [-0.1, -0.05) is 0 Å². The van der Waals surface area contributed by atoms with Crippen LogP contribution in [0.25, 0.3) is 0 Å². The van der Waals surface area contributed by atoms with Crippen LogP contribution in [0.5, 0.6) is 0 Å². The van der Waals surface area contributed by atoms with E-state index < -0.39 is 11.6 Å². The average molecular weight is 241 g/mol. The van der Waals surface area contributed by atoms with Crippen LogP contribution in [0, 0.1) is 0 Å². The monoisotopic (exact) mass is 241 g/mol. The molecule has 2 rings (SSSR count). The number of nitrogens with two attached hydrogens (primary N) is 1. The van der Waals surface area contributed by atoms with E-state index in [0.717, 1.165) is 12.8 Å². The van der Waals surface area contributed by atoms with Gasteiger partial charge in [0.05, 0.1) is 6.61 Å². The molecule has 96 valence electrons. The normalized spacial score (nSPS) is 30.5. The van der Waals surface area contributed by atoms with Gasteiger partial charge in [-0.25, -0.2) is 0 Å². The number of carbonyl (C=O) groups excluding carboxylic acids is 2. The summed E-state index contributed by atoms with van der Waals surface area (Å²) in [5.41, 5.74) is 4.86. The third-order valence-electron chi connectivity index (χ3n) is 3.77. The molecule has 0 radical (unpaired) electrons. The summed E-state index contributed by atoms with van der Waals surface area (Å²) in [4.78, 5) is 25.6. The third kappa shape index (κ3) is 1.91. The highest BCUT2D eigenvalue weighted by molar-refractivity contribution is 5.94. The summed E-state index contributed by atoms with van der Waals surface area (Å²) in [6, 6.07) is -0.918. The molecule has 0 aromatic carbocycles. The number of rotatable bonds is 2. The zero-order chi connectivity index (χ0) is 12.5. The lowest BCUT2D eigenvalue weighted by Crippen LogP contribution is -2.62. The highest BCUT2D eigenvalue weighted by atomic mass is 16.3. The Balaban J connectivity index is 2.23. The number of hydrogen-bond acceptors (Lipinski definition) is 4. The molecule has 2 aliphatic rings. The molecule has 17 heavy (non-hydrogen) atoms. The van der Waals surface area contributed by atoms with Crippen molar-refractivity contribution >= 4 is 11.8 Å². The van der Waals surface area contributed by atoms with E-state index in [4.69, 9.17) is 10.8 Å². The number of nitrogens with zero attached hydrogens (tertiary/aromatic N) is 1. The molecule has 6 heteroatoms. The fraction of sp³-hybridized carbons (Fsp3) is 0.818. The Hall–Kier alpha value is -1.14. The van der Waals surface area contributed by atoms with Crippen molar-refractivity contribution in [2.75, 3.05) is 19.7 Å². The smallest absolute Gasteiger partial charge is 0.246 e. The number of nitrogens with one attached hydrogen (secondary N) is 1. The van der Waals surface area contributed by atoms with Gasteiger partial charge in [-0.15, -0.1) is 0 Å². The van der Waals surface area contributed by atoms with Crippen LogP contribution in [0.1, 0.15) is 25.7 Å². The molecule has 1 spiro atoms. The molecule has 2 fully saturated rings. The molecule has 0 aromatic heterocycles. The van der Waals surface area contributed by atoms with Crippen molar-refractivity contribution < 1.29 is 14.7 Å². The number of likely N-dealkylation sites (tertiary alicyclic amines) is 1. The summed E-state index contributed by atoms with van der Waals surface area (Å²) in [6.45, 7) is 0.782. The number of aliphatic hydroxyl groups excluding tert-OH is 1. The second-order valence-electron chi connectivity index (χ2n) is 4.77. The van der Waals surface area contributed by atoms with E-state index in [0.29, 0.717) is 25.9 Å². The average Bonchev–Trinajstić information content (AvgIpc) is 2.70. The van der Waals surface area contributed by atoms with E-state index >= 15 is 0 Å². The number of aliphatic hydroxyl groups is 1. The first kappa shape index (κ1) is 12.3. The zero-order valence-corrected chi connectivity index (χ0v) is 9.82. The first-order valence-electron chi connectivity index (χ1n) is 6.08. The van der Waals surface area contributed by atoms with Gasteiger partial charge in [-0.05, 0) is 25.7 Å². The van der Waals surface area contributed by atoms with Crippen molar-refractivity contribution in [1.82, 2.24) is 10.2 Å². The molecule has 0 aromatic rings. The van der Waals surface area contributed by atoms with Crippen molar-refractivity contribution in [2.24, 2.45) is 5.73 Å². The first-order chi connectivity index (χ1) is 8.12. The van der Waals surface area contributed by atoms with Crippen LogP contribution in [-0.2, 0) is 9.59 Å². The topological polar surface area (TPSA) is 95.7 Å². The number of carbonyl (C=O) groups is 2. The molecular weight excluding hydrogens is 222 g/mol. The molecule has 4 N–H and O–H groups in total. The van der Waals surface area contributed by atoms with Gasteiger partial charge in [0.1, 0.15) is 11.6 Å². The molecule has 2 saturated heterocycles. The van der Waals surface area contributed by atoms with Crippen LogP contribution < -0.4 is 11.1 Å². The van der Waals surface area contributed by atoms with E-state index in [1.54, 1.807) is 4.90 Å². The van der Waals surface area contributed by atoms with E-state index in [1.807, 2.05) is 0 Å². The lowest BCUT2D eigenvalue weighted by Gasteiger charge is -2.43. The minimum Gasteiger partial charge on any atom is -0.394 e. The highest BCUT2D eigenvalue weighted by Crippen LogP contribution is 2.34. The maximum atomic E-state index is 12.1.